The quantitative estimate of drug-likeness (QED) is 0.813. The molecule has 2 aliphatic rings. The van der Waals surface area contributed by atoms with Crippen LogP contribution in [0.5, 0.6) is 0 Å². The van der Waals surface area contributed by atoms with Gasteiger partial charge in [-0.1, -0.05) is 42.5 Å². The summed E-state index contributed by atoms with van der Waals surface area (Å²) in [6.07, 6.45) is 6.48. The first-order chi connectivity index (χ1) is 10.1. The van der Waals surface area contributed by atoms with Crippen molar-refractivity contribution in [1.82, 2.24) is 5.32 Å². The van der Waals surface area contributed by atoms with Crippen molar-refractivity contribution >= 4 is 11.9 Å². The van der Waals surface area contributed by atoms with Crippen molar-refractivity contribution in [3.8, 4) is 0 Å². The second-order valence-electron chi connectivity index (χ2n) is 5.98. The number of nitrogens with one attached hydrogen (secondary N) is 1. The SMILES string of the molecule is O=C(N[C@@H](Cc1ccccc1)C(=O)O)C1CC2C=CC1C2. The van der Waals surface area contributed by atoms with E-state index < -0.39 is 12.0 Å². The Morgan fingerprint density at radius 3 is 2.52 bits per heavy atom. The Kier molecular flexibility index (Phi) is 3.78. The van der Waals surface area contributed by atoms with Crippen molar-refractivity contribution < 1.29 is 14.7 Å². The summed E-state index contributed by atoms with van der Waals surface area (Å²) in [7, 11) is 0. The molecule has 4 atom stereocenters. The molecule has 1 saturated carbocycles. The van der Waals surface area contributed by atoms with Crippen LogP contribution >= 0.6 is 0 Å². The molecule has 21 heavy (non-hydrogen) atoms. The maximum atomic E-state index is 12.3. The number of amides is 1. The molecule has 0 spiro atoms. The molecule has 3 unspecified atom stereocenters. The van der Waals surface area contributed by atoms with Crippen LogP contribution in [-0.2, 0) is 16.0 Å². The molecule has 1 amide bonds. The van der Waals surface area contributed by atoms with Gasteiger partial charge in [-0.15, -0.1) is 0 Å². The number of carbonyl (C=O) groups is 2. The first-order valence-corrected chi connectivity index (χ1v) is 7.39. The van der Waals surface area contributed by atoms with Gasteiger partial charge in [0, 0.05) is 12.3 Å². The van der Waals surface area contributed by atoms with Gasteiger partial charge in [0.25, 0.3) is 0 Å². The monoisotopic (exact) mass is 285 g/mol. The molecule has 0 aliphatic heterocycles. The lowest BCUT2D eigenvalue weighted by molar-refractivity contribution is -0.142. The Hall–Kier alpha value is -2.10. The number of rotatable bonds is 5. The molecule has 2 aliphatic carbocycles. The molecular formula is C17H19NO3. The number of hydrogen-bond donors (Lipinski definition) is 2. The summed E-state index contributed by atoms with van der Waals surface area (Å²) < 4.78 is 0. The van der Waals surface area contributed by atoms with Crippen molar-refractivity contribution in [1.29, 1.82) is 0 Å². The molecule has 3 rings (SSSR count). The highest BCUT2D eigenvalue weighted by atomic mass is 16.4. The molecule has 110 valence electrons. The van der Waals surface area contributed by atoms with Crippen LogP contribution in [0.25, 0.3) is 0 Å². The third-order valence-electron chi connectivity index (χ3n) is 4.51. The zero-order valence-electron chi connectivity index (χ0n) is 11.7. The van der Waals surface area contributed by atoms with Gasteiger partial charge in [0.05, 0.1) is 0 Å². The van der Waals surface area contributed by atoms with E-state index in [0.717, 1.165) is 18.4 Å². The molecule has 4 nitrogen and oxygen atoms in total. The van der Waals surface area contributed by atoms with E-state index in [1.54, 1.807) is 0 Å². The first kappa shape index (κ1) is 13.9. The van der Waals surface area contributed by atoms with E-state index in [0.29, 0.717) is 18.3 Å². The summed E-state index contributed by atoms with van der Waals surface area (Å²) in [5.41, 5.74) is 0.915. The smallest absolute Gasteiger partial charge is 0.326 e. The van der Waals surface area contributed by atoms with E-state index in [-0.39, 0.29) is 11.8 Å². The fourth-order valence-electron chi connectivity index (χ4n) is 3.41. The number of carboxylic acids is 1. The second-order valence-corrected chi connectivity index (χ2v) is 5.98. The molecule has 0 aromatic heterocycles. The van der Waals surface area contributed by atoms with Crippen molar-refractivity contribution in [2.75, 3.05) is 0 Å². The van der Waals surface area contributed by atoms with Crippen LogP contribution in [0.2, 0.25) is 0 Å². The summed E-state index contributed by atoms with van der Waals surface area (Å²) in [6.45, 7) is 0. The molecule has 0 saturated heterocycles. The Bertz CT molecular complexity index is 567. The number of fused-ring (bicyclic) bond motifs is 2. The maximum absolute atomic E-state index is 12.3. The fourth-order valence-corrected chi connectivity index (χ4v) is 3.41. The highest BCUT2D eigenvalue weighted by Crippen LogP contribution is 2.43. The fraction of sp³-hybridized carbons (Fsp3) is 0.412. The van der Waals surface area contributed by atoms with Crippen molar-refractivity contribution in [3.05, 3.63) is 48.0 Å². The average Bonchev–Trinajstić information content (AvgIpc) is 3.10. The van der Waals surface area contributed by atoms with E-state index >= 15 is 0 Å². The third kappa shape index (κ3) is 2.99. The predicted octanol–water partition coefficient (Wildman–Crippen LogP) is 2.01. The number of allylic oxidation sites excluding steroid dienone is 2. The van der Waals surface area contributed by atoms with Gasteiger partial charge in [-0.2, -0.15) is 0 Å². The van der Waals surface area contributed by atoms with Crippen LogP contribution in [0.4, 0.5) is 0 Å². The standard InChI is InChI=1S/C17H19NO3/c19-16(14-9-12-6-7-13(14)8-12)18-15(17(20)21)10-11-4-2-1-3-5-11/h1-7,12-15H,8-10H2,(H,18,19)(H,20,21)/t12?,13?,14?,15-/m0/s1. The van der Waals surface area contributed by atoms with Crippen molar-refractivity contribution in [2.24, 2.45) is 17.8 Å². The summed E-state index contributed by atoms with van der Waals surface area (Å²) in [5, 5.41) is 12.0. The van der Waals surface area contributed by atoms with Crippen molar-refractivity contribution in [3.63, 3.8) is 0 Å². The number of benzene rings is 1. The minimum absolute atomic E-state index is 0.0578. The molecule has 0 heterocycles. The largest absolute Gasteiger partial charge is 0.480 e. The Morgan fingerprint density at radius 2 is 1.95 bits per heavy atom. The average molecular weight is 285 g/mol. The second kappa shape index (κ2) is 5.72. The number of aliphatic carboxylic acids is 1. The van der Waals surface area contributed by atoms with E-state index in [1.807, 2.05) is 30.3 Å². The third-order valence-corrected chi connectivity index (χ3v) is 4.51. The lowest BCUT2D eigenvalue weighted by atomic mass is 9.92. The molecule has 0 radical (unpaired) electrons. The van der Waals surface area contributed by atoms with Gasteiger partial charge in [0.15, 0.2) is 0 Å². The highest BCUT2D eigenvalue weighted by Gasteiger charge is 2.40. The van der Waals surface area contributed by atoms with Crippen molar-refractivity contribution in [2.45, 2.75) is 25.3 Å². The van der Waals surface area contributed by atoms with E-state index in [2.05, 4.69) is 17.5 Å². The predicted molar refractivity (Wildman–Crippen MR) is 78.6 cm³/mol. The molecule has 4 heteroatoms. The number of carboxylic acid groups (broad SMARTS) is 1. The normalized spacial score (nSPS) is 27.5. The topological polar surface area (TPSA) is 66.4 Å². The Morgan fingerprint density at radius 1 is 1.19 bits per heavy atom. The van der Waals surface area contributed by atoms with Gasteiger partial charge >= 0.3 is 5.97 Å². The van der Waals surface area contributed by atoms with Gasteiger partial charge in [0.1, 0.15) is 6.04 Å². The molecule has 1 fully saturated rings. The molecule has 1 aromatic carbocycles. The number of carbonyl (C=O) groups excluding carboxylic acids is 1. The van der Waals surface area contributed by atoms with E-state index in [4.69, 9.17) is 0 Å². The Labute approximate surface area is 123 Å². The molecular weight excluding hydrogens is 266 g/mol. The number of hydrogen-bond acceptors (Lipinski definition) is 2. The molecule has 2 N–H and O–H groups in total. The van der Waals surface area contributed by atoms with Crippen LogP contribution in [0.1, 0.15) is 18.4 Å². The Balaban J connectivity index is 1.64. The summed E-state index contributed by atoms with van der Waals surface area (Å²) in [6, 6.07) is 8.53. The van der Waals surface area contributed by atoms with Crippen LogP contribution in [0, 0.1) is 17.8 Å². The van der Waals surface area contributed by atoms with Gasteiger partial charge in [-0.05, 0) is 30.2 Å². The van der Waals surface area contributed by atoms with E-state index in [9.17, 15) is 14.7 Å². The molecule has 1 aromatic rings. The van der Waals surface area contributed by atoms with Crippen LogP contribution < -0.4 is 5.32 Å². The zero-order valence-corrected chi connectivity index (χ0v) is 11.7. The van der Waals surface area contributed by atoms with Gasteiger partial charge < -0.3 is 10.4 Å². The van der Waals surface area contributed by atoms with Gasteiger partial charge in [-0.3, -0.25) is 4.79 Å². The lowest BCUT2D eigenvalue weighted by Gasteiger charge is -2.21. The van der Waals surface area contributed by atoms with E-state index in [1.165, 1.54) is 0 Å². The van der Waals surface area contributed by atoms with Gasteiger partial charge in [-0.25, -0.2) is 4.79 Å². The highest BCUT2D eigenvalue weighted by molar-refractivity contribution is 5.85. The summed E-state index contributed by atoms with van der Waals surface area (Å²) >= 11 is 0. The lowest BCUT2D eigenvalue weighted by Crippen LogP contribution is -2.45. The van der Waals surface area contributed by atoms with Gasteiger partial charge in [0.2, 0.25) is 5.91 Å². The van der Waals surface area contributed by atoms with Crippen LogP contribution in [0.15, 0.2) is 42.5 Å². The minimum Gasteiger partial charge on any atom is -0.480 e. The summed E-state index contributed by atoms with van der Waals surface area (Å²) in [4.78, 5) is 23.7. The maximum Gasteiger partial charge on any atom is 0.326 e. The minimum atomic E-state index is -0.981. The van der Waals surface area contributed by atoms with Crippen LogP contribution in [-0.4, -0.2) is 23.0 Å². The first-order valence-electron chi connectivity index (χ1n) is 7.39. The zero-order chi connectivity index (χ0) is 14.8. The van der Waals surface area contributed by atoms with Crippen LogP contribution in [0.3, 0.4) is 0 Å². The summed E-state index contributed by atoms with van der Waals surface area (Å²) in [5.74, 6) is -0.358. The molecule has 2 bridgehead atoms.